The first-order valence-electron chi connectivity index (χ1n) is 7.00. The number of amides is 1. The van der Waals surface area contributed by atoms with Crippen molar-refractivity contribution in [3.05, 3.63) is 53.0 Å². The molecule has 0 aliphatic carbocycles. The Morgan fingerprint density at radius 3 is 2.67 bits per heavy atom. The van der Waals surface area contributed by atoms with Crippen LogP contribution in [0.15, 0.2) is 30.5 Å². The molecule has 0 atom stereocenters. The Bertz CT molecular complexity index is 623. The van der Waals surface area contributed by atoms with Crippen molar-refractivity contribution >= 4 is 11.7 Å². The van der Waals surface area contributed by atoms with E-state index in [0.29, 0.717) is 12.1 Å². The molecule has 2 aromatic heterocycles. The maximum atomic E-state index is 12.2. The van der Waals surface area contributed by atoms with E-state index < -0.39 is 0 Å². The molecule has 0 aliphatic heterocycles. The Kier molecular flexibility index (Phi) is 4.87. The number of aromatic nitrogens is 2. The minimum Gasteiger partial charge on any atom is -0.370 e. The molecule has 0 fully saturated rings. The van der Waals surface area contributed by atoms with Crippen LogP contribution in [0.2, 0.25) is 0 Å². The molecule has 1 amide bonds. The van der Waals surface area contributed by atoms with Gasteiger partial charge in [-0.2, -0.15) is 0 Å². The van der Waals surface area contributed by atoms with Gasteiger partial charge in [-0.25, -0.2) is 4.98 Å². The van der Waals surface area contributed by atoms with Gasteiger partial charge in [0.15, 0.2) is 0 Å². The molecule has 21 heavy (non-hydrogen) atoms. The molecule has 0 bridgehead atoms. The molecule has 2 heterocycles. The molecule has 0 aromatic carbocycles. The SMILES string of the molecule is CCNc1cc(C(=O)NCc2ccc(C)nc2)cc(C)n1. The third-order valence-electron chi connectivity index (χ3n) is 3.00. The van der Waals surface area contributed by atoms with E-state index in [1.165, 1.54) is 0 Å². The van der Waals surface area contributed by atoms with Crippen LogP contribution in [0.5, 0.6) is 0 Å². The molecule has 0 unspecified atom stereocenters. The molecule has 5 nitrogen and oxygen atoms in total. The van der Waals surface area contributed by atoms with Gasteiger partial charge < -0.3 is 10.6 Å². The number of anilines is 1. The van der Waals surface area contributed by atoms with Crippen LogP contribution >= 0.6 is 0 Å². The topological polar surface area (TPSA) is 66.9 Å². The number of hydrogen-bond donors (Lipinski definition) is 2. The highest BCUT2D eigenvalue weighted by Crippen LogP contribution is 2.10. The summed E-state index contributed by atoms with van der Waals surface area (Å²) in [6.07, 6.45) is 1.78. The first kappa shape index (κ1) is 15.0. The number of carbonyl (C=O) groups excluding carboxylic acids is 1. The Hall–Kier alpha value is -2.43. The molecule has 0 saturated heterocycles. The molecule has 2 N–H and O–H groups in total. The summed E-state index contributed by atoms with van der Waals surface area (Å²) in [6, 6.07) is 7.44. The number of carbonyl (C=O) groups is 1. The molecule has 2 aromatic rings. The summed E-state index contributed by atoms with van der Waals surface area (Å²) >= 11 is 0. The van der Waals surface area contributed by atoms with E-state index in [0.717, 1.165) is 29.3 Å². The van der Waals surface area contributed by atoms with Crippen LogP contribution in [0.1, 0.15) is 34.2 Å². The maximum absolute atomic E-state index is 12.2. The predicted octanol–water partition coefficient (Wildman–Crippen LogP) is 2.46. The molecular formula is C16H20N4O. The van der Waals surface area contributed by atoms with Crippen molar-refractivity contribution in [1.29, 1.82) is 0 Å². The second-order valence-electron chi connectivity index (χ2n) is 4.90. The van der Waals surface area contributed by atoms with Crippen molar-refractivity contribution < 1.29 is 4.79 Å². The van der Waals surface area contributed by atoms with Gasteiger partial charge >= 0.3 is 0 Å². The lowest BCUT2D eigenvalue weighted by Gasteiger charge is -2.09. The van der Waals surface area contributed by atoms with Gasteiger partial charge in [-0.15, -0.1) is 0 Å². The summed E-state index contributed by atoms with van der Waals surface area (Å²) in [5.41, 5.74) is 3.37. The highest BCUT2D eigenvalue weighted by Gasteiger charge is 2.08. The van der Waals surface area contributed by atoms with Gasteiger partial charge in [0.05, 0.1) is 0 Å². The summed E-state index contributed by atoms with van der Waals surface area (Å²) in [7, 11) is 0. The lowest BCUT2D eigenvalue weighted by Crippen LogP contribution is -2.23. The third-order valence-corrected chi connectivity index (χ3v) is 3.00. The Balaban J connectivity index is 2.04. The van der Waals surface area contributed by atoms with Gasteiger partial charge in [0.1, 0.15) is 5.82 Å². The molecular weight excluding hydrogens is 264 g/mol. The zero-order valence-electron chi connectivity index (χ0n) is 12.6. The zero-order valence-corrected chi connectivity index (χ0v) is 12.6. The Labute approximate surface area is 124 Å². The van der Waals surface area contributed by atoms with E-state index in [1.54, 1.807) is 18.3 Å². The average Bonchev–Trinajstić information content (AvgIpc) is 2.46. The average molecular weight is 284 g/mol. The largest absolute Gasteiger partial charge is 0.370 e. The number of aryl methyl sites for hydroxylation is 2. The number of nitrogens with zero attached hydrogens (tertiary/aromatic N) is 2. The van der Waals surface area contributed by atoms with Crippen LogP contribution in [-0.2, 0) is 6.54 Å². The minimum absolute atomic E-state index is 0.111. The van der Waals surface area contributed by atoms with Crippen LogP contribution in [0, 0.1) is 13.8 Å². The van der Waals surface area contributed by atoms with Gasteiger partial charge in [-0.05, 0) is 44.5 Å². The van der Waals surface area contributed by atoms with Crippen LogP contribution in [0.25, 0.3) is 0 Å². The maximum Gasteiger partial charge on any atom is 0.251 e. The third kappa shape index (κ3) is 4.27. The lowest BCUT2D eigenvalue weighted by atomic mass is 10.2. The predicted molar refractivity (Wildman–Crippen MR) is 83.3 cm³/mol. The monoisotopic (exact) mass is 284 g/mol. The van der Waals surface area contributed by atoms with Crippen molar-refractivity contribution in [2.75, 3.05) is 11.9 Å². The van der Waals surface area contributed by atoms with Crippen molar-refractivity contribution in [2.45, 2.75) is 27.3 Å². The number of hydrogen-bond acceptors (Lipinski definition) is 4. The van der Waals surface area contributed by atoms with Crippen molar-refractivity contribution in [2.24, 2.45) is 0 Å². The summed E-state index contributed by atoms with van der Waals surface area (Å²) in [6.45, 7) is 7.04. The van der Waals surface area contributed by atoms with E-state index in [9.17, 15) is 4.79 Å². The van der Waals surface area contributed by atoms with E-state index in [-0.39, 0.29) is 5.91 Å². The van der Waals surface area contributed by atoms with E-state index in [1.807, 2.05) is 32.9 Å². The normalized spacial score (nSPS) is 10.2. The van der Waals surface area contributed by atoms with Crippen molar-refractivity contribution in [3.8, 4) is 0 Å². The number of pyridine rings is 2. The van der Waals surface area contributed by atoms with E-state index in [4.69, 9.17) is 0 Å². The molecule has 0 radical (unpaired) electrons. The standard InChI is InChI=1S/C16H20N4O/c1-4-17-15-8-14(7-12(3)20-15)16(21)19-10-13-6-5-11(2)18-9-13/h5-9H,4,10H2,1-3H3,(H,17,20)(H,19,21). The molecule has 110 valence electrons. The highest BCUT2D eigenvalue weighted by molar-refractivity contribution is 5.94. The van der Waals surface area contributed by atoms with Gasteiger partial charge in [0, 0.05) is 36.2 Å². The van der Waals surface area contributed by atoms with Crippen LogP contribution in [0.4, 0.5) is 5.82 Å². The fourth-order valence-electron chi connectivity index (χ4n) is 1.96. The summed E-state index contributed by atoms with van der Waals surface area (Å²) in [5, 5.41) is 6.02. The molecule has 0 aliphatic rings. The van der Waals surface area contributed by atoms with Gasteiger partial charge in [0.25, 0.3) is 5.91 Å². The van der Waals surface area contributed by atoms with E-state index in [2.05, 4.69) is 20.6 Å². The van der Waals surface area contributed by atoms with Gasteiger partial charge in [-0.1, -0.05) is 6.07 Å². The van der Waals surface area contributed by atoms with Gasteiger partial charge in [0.2, 0.25) is 0 Å². The molecule has 5 heteroatoms. The minimum atomic E-state index is -0.111. The number of nitrogens with one attached hydrogen (secondary N) is 2. The number of rotatable bonds is 5. The summed E-state index contributed by atoms with van der Waals surface area (Å²) in [4.78, 5) is 20.8. The second kappa shape index (κ2) is 6.83. The fraction of sp³-hybridized carbons (Fsp3) is 0.312. The fourth-order valence-corrected chi connectivity index (χ4v) is 1.96. The summed E-state index contributed by atoms with van der Waals surface area (Å²) < 4.78 is 0. The Morgan fingerprint density at radius 2 is 2.00 bits per heavy atom. The van der Waals surface area contributed by atoms with Crippen LogP contribution in [0.3, 0.4) is 0 Å². The highest BCUT2D eigenvalue weighted by atomic mass is 16.1. The summed E-state index contributed by atoms with van der Waals surface area (Å²) in [5.74, 6) is 0.611. The van der Waals surface area contributed by atoms with Crippen molar-refractivity contribution in [1.82, 2.24) is 15.3 Å². The lowest BCUT2D eigenvalue weighted by molar-refractivity contribution is 0.0950. The second-order valence-corrected chi connectivity index (χ2v) is 4.90. The molecule has 0 spiro atoms. The first-order valence-corrected chi connectivity index (χ1v) is 7.00. The van der Waals surface area contributed by atoms with Gasteiger partial charge in [-0.3, -0.25) is 9.78 Å². The van der Waals surface area contributed by atoms with E-state index >= 15 is 0 Å². The smallest absolute Gasteiger partial charge is 0.251 e. The van der Waals surface area contributed by atoms with Crippen LogP contribution in [-0.4, -0.2) is 22.4 Å². The van der Waals surface area contributed by atoms with Crippen LogP contribution < -0.4 is 10.6 Å². The quantitative estimate of drug-likeness (QED) is 0.885. The molecule has 0 saturated carbocycles. The first-order chi connectivity index (χ1) is 10.1. The van der Waals surface area contributed by atoms with Crippen molar-refractivity contribution in [3.63, 3.8) is 0 Å². The Morgan fingerprint density at radius 1 is 1.19 bits per heavy atom. The zero-order chi connectivity index (χ0) is 15.2. The molecule has 2 rings (SSSR count).